The van der Waals surface area contributed by atoms with Gasteiger partial charge in [0.1, 0.15) is 6.61 Å². The second kappa shape index (κ2) is 11.1. The third-order valence-electron chi connectivity index (χ3n) is 8.48. The normalized spacial score (nSPS) is 17.8. The van der Waals surface area contributed by atoms with E-state index in [2.05, 4.69) is 40.5 Å². The van der Waals surface area contributed by atoms with Crippen molar-refractivity contribution in [3.63, 3.8) is 0 Å². The van der Waals surface area contributed by atoms with Crippen LogP contribution < -0.4 is 10.6 Å². The number of aromatic amines is 1. The SMILES string of the molecule is CC1(C)c2[nH]nc(NC(=O)C3([Si](C)(C)C)CCC3)c2CN1C(=O)NC(COC(=O)CCC(=O)O)c1ccccc1. The summed E-state index contributed by atoms with van der Waals surface area (Å²) in [6.07, 6.45) is 2.26. The number of H-pyrrole nitrogens is 1. The number of rotatable bonds is 10. The number of esters is 1. The Morgan fingerprint density at radius 2 is 1.80 bits per heavy atom. The van der Waals surface area contributed by atoms with E-state index in [0.29, 0.717) is 5.82 Å². The van der Waals surface area contributed by atoms with Crippen LogP contribution in [-0.4, -0.2) is 58.8 Å². The van der Waals surface area contributed by atoms with Crippen LogP contribution in [0, 0.1) is 0 Å². The summed E-state index contributed by atoms with van der Waals surface area (Å²) in [6, 6.07) is 8.10. The van der Waals surface area contributed by atoms with Gasteiger partial charge in [-0.15, -0.1) is 0 Å². The van der Waals surface area contributed by atoms with Crippen molar-refractivity contribution in [3.8, 4) is 0 Å². The molecule has 1 aliphatic heterocycles. The van der Waals surface area contributed by atoms with E-state index >= 15 is 0 Å². The zero-order valence-electron chi connectivity index (χ0n) is 23.8. The van der Waals surface area contributed by atoms with Gasteiger partial charge in [0.2, 0.25) is 5.91 Å². The van der Waals surface area contributed by atoms with Crippen LogP contribution in [0.4, 0.5) is 10.6 Å². The molecular weight excluding hydrogens is 530 g/mol. The molecular formula is C28H39N5O6Si. The summed E-state index contributed by atoms with van der Waals surface area (Å²) in [5.74, 6) is -1.26. The summed E-state index contributed by atoms with van der Waals surface area (Å²) in [4.78, 5) is 51.6. The Hall–Kier alpha value is -3.67. The second-order valence-electron chi connectivity index (χ2n) is 12.2. The van der Waals surface area contributed by atoms with Gasteiger partial charge in [-0.25, -0.2) is 4.79 Å². The van der Waals surface area contributed by atoms with Crippen LogP contribution >= 0.6 is 0 Å². The molecule has 1 aromatic carbocycles. The number of carboxylic acids is 1. The van der Waals surface area contributed by atoms with E-state index in [1.165, 1.54) is 0 Å². The Kier molecular flexibility index (Phi) is 8.11. The summed E-state index contributed by atoms with van der Waals surface area (Å²) in [5.41, 5.74) is 1.52. The maximum atomic E-state index is 13.6. The average molecular weight is 570 g/mol. The fourth-order valence-electron chi connectivity index (χ4n) is 5.61. The Labute approximate surface area is 235 Å². The van der Waals surface area contributed by atoms with E-state index in [9.17, 15) is 19.2 Å². The molecule has 1 aromatic heterocycles. The van der Waals surface area contributed by atoms with E-state index in [0.717, 1.165) is 36.1 Å². The lowest BCUT2D eigenvalue weighted by Crippen LogP contribution is -2.52. The van der Waals surface area contributed by atoms with Crippen molar-refractivity contribution in [3.05, 3.63) is 47.2 Å². The predicted octanol–water partition coefficient (Wildman–Crippen LogP) is 4.52. The van der Waals surface area contributed by atoms with Gasteiger partial charge < -0.3 is 25.4 Å². The summed E-state index contributed by atoms with van der Waals surface area (Å²) >= 11 is 0. The first kappa shape index (κ1) is 29.3. The molecule has 0 radical (unpaired) electrons. The van der Waals surface area contributed by atoms with Gasteiger partial charge in [-0.1, -0.05) is 56.4 Å². The molecule has 4 N–H and O–H groups in total. The topological polar surface area (TPSA) is 154 Å². The minimum absolute atomic E-state index is 0.0155. The lowest BCUT2D eigenvalue weighted by Gasteiger charge is -2.48. The third kappa shape index (κ3) is 5.63. The zero-order chi connectivity index (χ0) is 29.3. The molecule has 12 heteroatoms. The minimum Gasteiger partial charge on any atom is -0.481 e. The molecule has 1 atom stereocenters. The fraction of sp³-hybridized carbons (Fsp3) is 0.536. The van der Waals surface area contributed by atoms with E-state index in [4.69, 9.17) is 9.84 Å². The van der Waals surface area contributed by atoms with Crippen LogP contribution in [0.3, 0.4) is 0 Å². The second-order valence-corrected chi connectivity index (χ2v) is 17.7. The van der Waals surface area contributed by atoms with Gasteiger partial charge >= 0.3 is 18.0 Å². The molecule has 1 aliphatic carbocycles. The molecule has 2 aromatic rings. The first-order valence-corrected chi connectivity index (χ1v) is 17.2. The third-order valence-corrected chi connectivity index (χ3v) is 12.1. The van der Waals surface area contributed by atoms with Crippen molar-refractivity contribution >= 4 is 37.8 Å². The zero-order valence-corrected chi connectivity index (χ0v) is 24.8. The van der Waals surface area contributed by atoms with Crippen molar-refractivity contribution in [1.82, 2.24) is 20.4 Å². The average Bonchev–Trinajstić information content (AvgIpc) is 3.36. The Morgan fingerprint density at radius 1 is 1.12 bits per heavy atom. The largest absolute Gasteiger partial charge is 0.481 e. The van der Waals surface area contributed by atoms with Gasteiger partial charge in [-0.05, 0) is 32.3 Å². The number of amides is 3. The lowest BCUT2D eigenvalue weighted by atomic mass is 9.83. The van der Waals surface area contributed by atoms with E-state index < -0.39 is 31.6 Å². The van der Waals surface area contributed by atoms with Gasteiger partial charge in [-0.2, -0.15) is 5.10 Å². The Balaban J connectivity index is 1.48. The standard InChI is InChI=1S/C28H39N5O6Si/c1-27(2)23-19(24(32-31-23)30-25(37)28(14-9-15-28)40(3,4)5)16-33(27)26(38)29-20(18-10-7-6-8-11-18)17-39-22(36)13-12-21(34)35/h6-8,10-11,20H,9,12-17H2,1-5H3,(H,29,38)(H,34,35)(H2,30,31,32,37). The van der Waals surface area contributed by atoms with Crippen molar-refractivity contribution < 1.29 is 29.0 Å². The van der Waals surface area contributed by atoms with E-state index in [1.54, 1.807) is 4.90 Å². The van der Waals surface area contributed by atoms with Crippen LogP contribution in [-0.2, 0) is 31.2 Å². The maximum Gasteiger partial charge on any atom is 0.319 e. The maximum absolute atomic E-state index is 13.6. The molecule has 216 valence electrons. The number of ether oxygens (including phenoxy) is 1. The molecule has 1 fully saturated rings. The van der Waals surface area contributed by atoms with Crippen molar-refractivity contribution in [1.29, 1.82) is 0 Å². The number of hydrogen-bond acceptors (Lipinski definition) is 6. The fourth-order valence-corrected chi connectivity index (χ4v) is 8.21. The van der Waals surface area contributed by atoms with Gasteiger partial charge in [-0.3, -0.25) is 19.5 Å². The number of hydrogen-bond donors (Lipinski definition) is 4. The first-order valence-electron chi connectivity index (χ1n) is 13.7. The molecule has 4 rings (SSSR count). The van der Waals surface area contributed by atoms with Gasteiger partial charge in [0.05, 0.1) is 44.7 Å². The van der Waals surface area contributed by atoms with Crippen LogP contribution in [0.25, 0.3) is 0 Å². The van der Waals surface area contributed by atoms with Crippen LogP contribution in [0.2, 0.25) is 24.7 Å². The van der Waals surface area contributed by atoms with Gasteiger partial charge in [0.15, 0.2) is 5.82 Å². The molecule has 2 heterocycles. The highest BCUT2D eigenvalue weighted by Gasteiger charge is 2.54. The highest BCUT2D eigenvalue weighted by molar-refractivity contribution is 6.83. The molecule has 0 bridgehead atoms. The highest BCUT2D eigenvalue weighted by atomic mass is 28.3. The number of urea groups is 1. The van der Waals surface area contributed by atoms with Gasteiger partial charge in [0.25, 0.3) is 0 Å². The molecule has 11 nitrogen and oxygen atoms in total. The molecule has 3 amide bonds. The molecule has 0 saturated heterocycles. The monoisotopic (exact) mass is 569 g/mol. The van der Waals surface area contributed by atoms with Crippen LogP contribution in [0.5, 0.6) is 0 Å². The summed E-state index contributed by atoms with van der Waals surface area (Å²) in [6.45, 7) is 10.6. The molecule has 0 spiro atoms. The Morgan fingerprint density at radius 3 is 2.38 bits per heavy atom. The molecule has 1 saturated carbocycles. The summed E-state index contributed by atoms with van der Waals surface area (Å²) in [7, 11) is -1.77. The van der Waals surface area contributed by atoms with Gasteiger partial charge in [0, 0.05) is 10.6 Å². The number of anilines is 1. The molecule has 2 aliphatic rings. The number of carbonyl (C=O) groups is 4. The smallest absolute Gasteiger partial charge is 0.319 e. The summed E-state index contributed by atoms with van der Waals surface area (Å²) < 4.78 is 5.31. The molecule has 40 heavy (non-hydrogen) atoms. The van der Waals surface area contributed by atoms with Crippen molar-refractivity contribution in [2.45, 2.75) is 88.8 Å². The molecule has 1 unspecified atom stereocenters. The number of benzene rings is 1. The quantitative estimate of drug-likeness (QED) is 0.242. The summed E-state index contributed by atoms with van der Waals surface area (Å²) in [5, 5.41) is 22.0. The van der Waals surface area contributed by atoms with Crippen molar-refractivity contribution in [2.24, 2.45) is 0 Å². The number of nitrogens with zero attached hydrogens (tertiary/aromatic N) is 2. The predicted molar refractivity (Wildman–Crippen MR) is 151 cm³/mol. The minimum atomic E-state index is -1.77. The van der Waals surface area contributed by atoms with E-state index in [1.807, 2.05) is 44.2 Å². The van der Waals surface area contributed by atoms with E-state index in [-0.39, 0.29) is 43.0 Å². The van der Waals surface area contributed by atoms with Crippen molar-refractivity contribution in [2.75, 3.05) is 11.9 Å². The number of fused-ring (bicyclic) bond motifs is 1. The van der Waals surface area contributed by atoms with Crippen LogP contribution in [0.1, 0.15) is 68.8 Å². The first-order chi connectivity index (χ1) is 18.8. The number of aromatic nitrogens is 2. The van der Waals surface area contributed by atoms with Crippen LogP contribution in [0.15, 0.2) is 30.3 Å². The number of carboxylic acid groups (broad SMARTS) is 1. The highest BCUT2D eigenvalue weighted by Crippen LogP contribution is 2.56. The lowest BCUT2D eigenvalue weighted by molar-refractivity contribution is -0.148. The number of nitrogens with one attached hydrogen (secondary N) is 3. The Bertz CT molecular complexity index is 1280. The number of carbonyl (C=O) groups excluding carboxylic acids is 3. The number of aliphatic carboxylic acids is 1.